The van der Waals surface area contributed by atoms with Crippen LogP contribution in [0.2, 0.25) is 0 Å². The molecule has 154 valence electrons. The maximum absolute atomic E-state index is 12.2. The molecule has 0 bridgehead atoms. The lowest BCUT2D eigenvalue weighted by molar-refractivity contribution is -0.148. The van der Waals surface area contributed by atoms with Gasteiger partial charge in [0.25, 0.3) is 5.91 Å². The zero-order valence-corrected chi connectivity index (χ0v) is 16.8. The van der Waals surface area contributed by atoms with Crippen molar-refractivity contribution >= 4 is 28.6 Å². The lowest BCUT2D eigenvalue weighted by atomic mass is 9.86. The lowest BCUT2D eigenvalue weighted by Gasteiger charge is -2.29. The van der Waals surface area contributed by atoms with Crippen LogP contribution in [0, 0.1) is 5.92 Å². The summed E-state index contributed by atoms with van der Waals surface area (Å²) in [6, 6.07) is 13.8. The Kier molecular flexibility index (Phi) is 7.22. The third kappa shape index (κ3) is 6.04. The van der Waals surface area contributed by atoms with Gasteiger partial charge in [0.1, 0.15) is 6.54 Å². The number of carbonyl (C=O) groups is 3. The van der Waals surface area contributed by atoms with Crippen molar-refractivity contribution in [1.29, 1.82) is 0 Å². The minimum absolute atomic E-state index is 0.148. The van der Waals surface area contributed by atoms with Gasteiger partial charge in [0, 0.05) is 6.04 Å². The molecule has 0 aromatic heterocycles. The first-order valence-electron chi connectivity index (χ1n) is 10.2. The summed E-state index contributed by atoms with van der Waals surface area (Å²) in [7, 11) is 0. The Bertz CT molecular complexity index is 875. The number of esters is 1. The molecule has 0 spiro atoms. The number of carbonyl (C=O) groups excluding carboxylic acids is 3. The zero-order valence-electron chi connectivity index (χ0n) is 16.8. The molecule has 2 aromatic carbocycles. The predicted octanol–water partition coefficient (Wildman–Crippen LogP) is 2.74. The van der Waals surface area contributed by atoms with E-state index < -0.39 is 5.97 Å². The van der Waals surface area contributed by atoms with Gasteiger partial charge in [0.2, 0.25) is 5.91 Å². The summed E-state index contributed by atoms with van der Waals surface area (Å²) >= 11 is 0. The molecule has 2 amide bonds. The van der Waals surface area contributed by atoms with E-state index in [4.69, 9.17) is 4.74 Å². The molecule has 0 heterocycles. The Morgan fingerprint density at radius 2 is 1.76 bits per heavy atom. The average Bonchev–Trinajstić information content (AvgIpc) is 2.73. The molecule has 0 radical (unpaired) electrons. The summed E-state index contributed by atoms with van der Waals surface area (Å²) in [6.07, 6.45) is 4.55. The predicted molar refractivity (Wildman–Crippen MR) is 111 cm³/mol. The highest BCUT2D eigenvalue weighted by Crippen LogP contribution is 2.23. The largest absolute Gasteiger partial charge is 0.454 e. The molecule has 3 rings (SSSR count). The molecule has 1 aliphatic carbocycles. The topological polar surface area (TPSA) is 84.5 Å². The molecule has 0 aliphatic heterocycles. The number of nitrogens with one attached hydrogen (secondary N) is 2. The van der Waals surface area contributed by atoms with E-state index in [1.54, 1.807) is 0 Å². The van der Waals surface area contributed by atoms with Gasteiger partial charge < -0.3 is 15.4 Å². The molecular weight excluding hydrogens is 368 g/mol. The maximum Gasteiger partial charge on any atom is 0.325 e. The molecule has 2 N–H and O–H groups in total. The number of hydrogen-bond donors (Lipinski definition) is 2. The molecule has 1 aliphatic rings. The second-order valence-corrected chi connectivity index (χ2v) is 7.69. The number of rotatable bonds is 7. The van der Waals surface area contributed by atoms with Gasteiger partial charge in [0.05, 0.1) is 6.42 Å². The second-order valence-electron chi connectivity index (χ2n) is 7.69. The Morgan fingerprint density at radius 1 is 1.00 bits per heavy atom. The first-order valence-corrected chi connectivity index (χ1v) is 10.2. The molecule has 6 heteroatoms. The van der Waals surface area contributed by atoms with E-state index in [1.807, 2.05) is 42.5 Å². The van der Waals surface area contributed by atoms with E-state index >= 15 is 0 Å². The van der Waals surface area contributed by atoms with Crippen LogP contribution in [0.3, 0.4) is 0 Å². The first-order chi connectivity index (χ1) is 14.0. The SMILES string of the molecule is C[C@H]1CCCC[C@H]1NC(=O)COC(=O)CNC(=O)Cc1cccc2ccccc12. The summed E-state index contributed by atoms with van der Waals surface area (Å²) in [5, 5.41) is 7.58. The molecule has 1 fully saturated rings. The molecule has 29 heavy (non-hydrogen) atoms. The van der Waals surface area contributed by atoms with Crippen molar-refractivity contribution in [3.63, 3.8) is 0 Å². The van der Waals surface area contributed by atoms with Crippen LogP contribution >= 0.6 is 0 Å². The Balaban J connectivity index is 1.39. The van der Waals surface area contributed by atoms with E-state index in [1.165, 1.54) is 6.42 Å². The van der Waals surface area contributed by atoms with Crippen molar-refractivity contribution in [2.24, 2.45) is 5.92 Å². The summed E-state index contributed by atoms with van der Waals surface area (Å²) in [5.41, 5.74) is 0.898. The molecule has 6 nitrogen and oxygen atoms in total. The fourth-order valence-corrected chi connectivity index (χ4v) is 3.83. The maximum atomic E-state index is 12.2. The van der Waals surface area contributed by atoms with Gasteiger partial charge in [0.15, 0.2) is 6.61 Å². The van der Waals surface area contributed by atoms with Crippen LogP contribution in [0.25, 0.3) is 10.8 Å². The molecule has 2 aromatic rings. The number of benzene rings is 2. The minimum atomic E-state index is -0.622. The van der Waals surface area contributed by atoms with Gasteiger partial charge in [-0.3, -0.25) is 14.4 Å². The molecular formula is C23H28N2O4. The fourth-order valence-electron chi connectivity index (χ4n) is 3.83. The number of fused-ring (bicyclic) bond motifs is 1. The van der Waals surface area contributed by atoms with Gasteiger partial charge in [-0.15, -0.1) is 0 Å². The fraction of sp³-hybridized carbons (Fsp3) is 0.435. The summed E-state index contributed by atoms with van der Waals surface area (Å²) in [4.78, 5) is 36.0. The molecule has 1 saturated carbocycles. The highest BCUT2D eigenvalue weighted by Gasteiger charge is 2.23. The molecule has 0 saturated heterocycles. The average molecular weight is 396 g/mol. The third-order valence-electron chi connectivity index (χ3n) is 5.48. The smallest absolute Gasteiger partial charge is 0.325 e. The van der Waals surface area contributed by atoms with Crippen LogP contribution in [0.1, 0.15) is 38.2 Å². The first kappa shape index (κ1) is 20.8. The van der Waals surface area contributed by atoms with Crippen LogP contribution < -0.4 is 10.6 Å². The van der Waals surface area contributed by atoms with Crippen LogP contribution in [-0.4, -0.2) is 37.0 Å². The van der Waals surface area contributed by atoms with Crippen molar-refractivity contribution in [3.8, 4) is 0 Å². The molecule has 2 atom stereocenters. The van der Waals surface area contributed by atoms with Gasteiger partial charge in [-0.1, -0.05) is 62.2 Å². The van der Waals surface area contributed by atoms with Crippen LogP contribution in [0.15, 0.2) is 42.5 Å². The molecule has 0 unspecified atom stereocenters. The Hall–Kier alpha value is -2.89. The van der Waals surface area contributed by atoms with Crippen molar-refractivity contribution in [3.05, 3.63) is 48.0 Å². The van der Waals surface area contributed by atoms with E-state index in [0.29, 0.717) is 5.92 Å². The third-order valence-corrected chi connectivity index (χ3v) is 5.48. The highest BCUT2D eigenvalue weighted by molar-refractivity contribution is 5.91. The van der Waals surface area contributed by atoms with E-state index in [9.17, 15) is 14.4 Å². The Labute approximate surface area is 171 Å². The normalized spacial score (nSPS) is 18.8. The summed E-state index contributed by atoms with van der Waals surface area (Å²) < 4.78 is 4.99. The number of amides is 2. The van der Waals surface area contributed by atoms with Gasteiger partial charge >= 0.3 is 5.97 Å². The highest BCUT2D eigenvalue weighted by atomic mass is 16.5. The standard InChI is InChI=1S/C23H28N2O4/c1-16-7-2-5-12-20(16)25-22(27)15-29-23(28)14-24-21(26)13-18-10-6-9-17-8-3-4-11-19(17)18/h3-4,6,8-11,16,20H,2,5,7,12-15H2,1H3,(H,24,26)(H,25,27)/t16-,20+/m0/s1. The second kappa shape index (κ2) is 10.0. The van der Waals surface area contributed by atoms with Crippen molar-refractivity contribution in [2.45, 2.75) is 45.1 Å². The number of hydrogen-bond acceptors (Lipinski definition) is 4. The minimum Gasteiger partial charge on any atom is -0.454 e. The van der Waals surface area contributed by atoms with Crippen molar-refractivity contribution in [1.82, 2.24) is 10.6 Å². The van der Waals surface area contributed by atoms with Gasteiger partial charge in [-0.05, 0) is 35.1 Å². The summed E-state index contributed by atoms with van der Waals surface area (Å²) in [5.74, 6) is -0.738. The van der Waals surface area contributed by atoms with E-state index in [2.05, 4.69) is 17.6 Å². The lowest BCUT2D eigenvalue weighted by Crippen LogP contribution is -2.43. The van der Waals surface area contributed by atoms with E-state index in [-0.39, 0.29) is 37.4 Å². The van der Waals surface area contributed by atoms with Gasteiger partial charge in [-0.2, -0.15) is 0 Å². The Morgan fingerprint density at radius 3 is 2.59 bits per heavy atom. The zero-order chi connectivity index (χ0) is 20.6. The van der Waals surface area contributed by atoms with Crippen molar-refractivity contribution < 1.29 is 19.1 Å². The van der Waals surface area contributed by atoms with E-state index in [0.717, 1.165) is 35.6 Å². The number of ether oxygens (including phenoxy) is 1. The quantitative estimate of drug-likeness (QED) is 0.705. The van der Waals surface area contributed by atoms with Crippen molar-refractivity contribution in [2.75, 3.05) is 13.2 Å². The van der Waals surface area contributed by atoms with Gasteiger partial charge in [-0.25, -0.2) is 0 Å². The monoisotopic (exact) mass is 396 g/mol. The summed E-state index contributed by atoms with van der Waals surface area (Å²) in [6.45, 7) is 1.56. The van der Waals surface area contributed by atoms with Crippen LogP contribution in [-0.2, 0) is 25.5 Å². The van der Waals surface area contributed by atoms with Crippen LogP contribution in [0.5, 0.6) is 0 Å². The van der Waals surface area contributed by atoms with Crippen LogP contribution in [0.4, 0.5) is 0 Å².